The largest absolute Gasteiger partial charge is 0.397 e. The van der Waals surface area contributed by atoms with Gasteiger partial charge in [0.15, 0.2) is 0 Å². The Kier molecular flexibility index (Phi) is 2.79. The van der Waals surface area contributed by atoms with E-state index in [0.29, 0.717) is 21.8 Å². The molecule has 0 saturated heterocycles. The van der Waals surface area contributed by atoms with Gasteiger partial charge in [-0.3, -0.25) is 0 Å². The quantitative estimate of drug-likeness (QED) is 0.783. The normalized spacial score (nSPS) is 21.3. The lowest BCUT2D eigenvalue weighted by atomic mass is 10.0. The molecule has 1 aromatic carbocycles. The maximum atomic E-state index is 6.00. The van der Waals surface area contributed by atoms with Gasteiger partial charge in [0, 0.05) is 6.04 Å². The highest BCUT2D eigenvalue weighted by molar-refractivity contribution is 6.42. The molecule has 0 aliphatic heterocycles. The second-order valence-corrected chi connectivity index (χ2v) is 6.69. The van der Waals surface area contributed by atoms with Crippen molar-refractivity contribution in [3.63, 3.8) is 0 Å². The van der Waals surface area contributed by atoms with Crippen LogP contribution in [0.2, 0.25) is 10.0 Å². The third-order valence-corrected chi connectivity index (χ3v) is 5.14. The van der Waals surface area contributed by atoms with E-state index in [9.17, 15) is 0 Å². The summed E-state index contributed by atoms with van der Waals surface area (Å²) < 4.78 is 0. The lowest BCUT2D eigenvalue weighted by Crippen LogP contribution is -2.11. The van der Waals surface area contributed by atoms with E-state index in [1.165, 1.54) is 0 Å². The van der Waals surface area contributed by atoms with Gasteiger partial charge in [0.25, 0.3) is 0 Å². The highest BCUT2D eigenvalue weighted by Crippen LogP contribution is 2.64. The molecule has 2 rings (SSSR count). The summed E-state index contributed by atoms with van der Waals surface area (Å²) in [5.41, 5.74) is 7.95. The van der Waals surface area contributed by atoms with Crippen LogP contribution >= 0.6 is 23.2 Å². The Labute approximate surface area is 112 Å². The minimum atomic E-state index is 0.256. The summed E-state index contributed by atoms with van der Waals surface area (Å²) in [4.78, 5) is 0. The molecule has 1 aliphatic rings. The van der Waals surface area contributed by atoms with Crippen LogP contribution in [-0.2, 0) is 0 Å². The van der Waals surface area contributed by atoms with Crippen molar-refractivity contribution < 1.29 is 0 Å². The molecule has 0 heterocycles. The highest BCUT2D eigenvalue weighted by atomic mass is 35.5. The van der Waals surface area contributed by atoms with Crippen molar-refractivity contribution in [1.82, 2.24) is 0 Å². The van der Waals surface area contributed by atoms with Crippen LogP contribution in [-0.4, -0.2) is 6.04 Å². The summed E-state index contributed by atoms with van der Waals surface area (Å²) in [5.74, 6) is 0. The van der Waals surface area contributed by atoms with E-state index in [0.717, 1.165) is 5.69 Å². The monoisotopic (exact) mass is 272 g/mol. The van der Waals surface area contributed by atoms with Crippen LogP contribution in [0.1, 0.15) is 27.7 Å². The summed E-state index contributed by atoms with van der Waals surface area (Å²) in [6, 6.07) is 3.88. The highest BCUT2D eigenvalue weighted by Gasteiger charge is 2.65. The molecule has 4 heteroatoms. The zero-order chi connectivity index (χ0) is 13.0. The number of anilines is 2. The molecule has 0 radical (unpaired) electrons. The fourth-order valence-electron chi connectivity index (χ4n) is 2.40. The van der Waals surface area contributed by atoms with E-state index in [2.05, 4.69) is 33.0 Å². The Balaban J connectivity index is 2.25. The average Bonchev–Trinajstić information content (AvgIpc) is 2.57. The van der Waals surface area contributed by atoms with E-state index in [4.69, 9.17) is 28.9 Å². The lowest BCUT2D eigenvalue weighted by molar-refractivity contribution is 0.457. The summed E-state index contributed by atoms with van der Waals surface area (Å²) in [6.45, 7) is 8.99. The third-order valence-electron chi connectivity index (χ3n) is 4.41. The van der Waals surface area contributed by atoms with Gasteiger partial charge in [0.05, 0.1) is 21.4 Å². The van der Waals surface area contributed by atoms with Gasteiger partial charge in [-0.2, -0.15) is 0 Å². The maximum Gasteiger partial charge on any atom is 0.0614 e. The van der Waals surface area contributed by atoms with Crippen molar-refractivity contribution in [3.8, 4) is 0 Å². The lowest BCUT2D eigenvalue weighted by Gasteiger charge is -2.12. The Bertz CT molecular complexity index is 453. The molecule has 0 spiro atoms. The molecular weight excluding hydrogens is 255 g/mol. The Hall–Kier alpha value is -0.600. The number of nitrogens with one attached hydrogen (secondary N) is 1. The van der Waals surface area contributed by atoms with Crippen molar-refractivity contribution in [2.45, 2.75) is 33.7 Å². The van der Waals surface area contributed by atoms with Crippen molar-refractivity contribution in [2.24, 2.45) is 10.8 Å². The molecule has 1 aliphatic carbocycles. The van der Waals surface area contributed by atoms with Crippen LogP contribution < -0.4 is 11.1 Å². The molecule has 1 fully saturated rings. The van der Waals surface area contributed by atoms with Crippen molar-refractivity contribution in [2.75, 3.05) is 11.1 Å². The first kappa shape index (κ1) is 12.8. The molecule has 0 atom stereocenters. The number of hydrogen-bond acceptors (Lipinski definition) is 2. The predicted molar refractivity (Wildman–Crippen MR) is 75.8 cm³/mol. The van der Waals surface area contributed by atoms with E-state index >= 15 is 0 Å². The van der Waals surface area contributed by atoms with Crippen molar-refractivity contribution >= 4 is 34.6 Å². The zero-order valence-electron chi connectivity index (χ0n) is 10.6. The van der Waals surface area contributed by atoms with Crippen LogP contribution in [0.5, 0.6) is 0 Å². The van der Waals surface area contributed by atoms with E-state index in [1.54, 1.807) is 12.1 Å². The first-order valence-corrected chi connectivity index (χ1v) is 6.44. The first-order valence-electron chi connectivity index (χ1n) is 5.69. The Morgan fingerprint density at radius 3 is 2.00 bits per heavy atom. The van der Waals surface area contributed by atoms with Gasteiger partial charge < -0.3 is 11.1 Å². The topological polar surface area (TPSA) is 38.0 Å². The molecule has 3 N–H and O–H groups in total. The van der Waals surface area contributed by atoms with Gasteiger partial charge in [0.1, 0.15) is 0 Å². The summed E-state index contributed by atoms with van der Waals surface area (Å²) >= 11 is 11.9. The Morgan fingerprint density at radius 2 is 1.53 bits per heavy atom. The van der Waals surface area contributed by atoms with Gasteiger partial charge in [-0.1, -0.05) is 50.9 Å². The number of halogens is 2. The van der Waals surface area contributed by atoms with Gasteiger partial charge >= 0.3 is 0 Å². The number of rotatable bonds is 2. The number of benzene rings is 1. The minimum Gasteiger partial charge on any atom is -0.397 e. The van der Waals surface area contributed by atoms with Crippen molar-refractivity contribution in [3.05, 3.63) is 22.2 Å². The summed E-state index contributed by atoms with van der Waals surface area (Å²) in [6.07, 6.45) is 0. The third kappa shape index (κ3) is 1.88. The van der Waals surface area contributed by atoms with E-state index in [-0.39, 0.29) is 10.8 Å². The molecule has 0 bridgehead atoms. The van der Waals surface area contributed by atoms with Gasteiger partial charge in [-0.15, -0.1) is 0 Å². The number of hydrogen-bond donors (Lipinski definition) is 2. The molecule has 1 saturated carbocycles. The Morgan fingerprint density at radius 1 is 1.06 bits per heavy atom. The first-order chi connectivity index (χ1) is 7.68. The summed E-state index contributed by atoms with van der Waals surface area (Å²) in [5, 5.41) is 4.48. The van der Waals surface area contributed by atoms with Crippen LogP contribution in [0.4, 0.5) is 11.4 Å². The summed E-state index contributed by atoms with van der Waals surface area (Å²) in [7, 11) is 0. The fourth-order valence-corrected chi connectivity index (χ4v) is 2.74. The smallest absolute Gasteiger partial charge is 0.0614 e. The molecule has 17 heavy (non-hydrogen) atoms. The van der Waals surface area contributed by atoms with Crippen LogP contribution in [0, 0.1) is 10.8 Å². The molecule has 0 aromatic heterocycles. The van der Waals surface area contributed by atoms with Gasteiger partial charge in [-0.05, 0) is 23.0 Å². The van der Waals surface area contributed by atoms with E-state index in [1.807, 2.05) is 0 Å². The van der Waals surface area contributed by atoms with Crippen LogP contribution in [0.25, 0.3) is 0 Å². The predicted octanol–water partition coefficient (Wildman–Crippen LogP) is 4.42. The molecule has 2 nitrogen and oxygen atoms in total. The number of nitrogens with two attached hydrogens (primary N) is 1. The van der Waals surface area contributed by atoms with Crippen LogP contribution in [0.15, 0.2) is 12.1 Å². The van der Waals surface area contributed by atoms with Crippen molar-refractivity contribution in [1.29, 1.82) is 0 Å². The fraction of sp³-hybridized carbons (Fsp3) is 0.538. The molecule has 1 aromatic rings. The number of nitrogen functional groups attached to an aromatic ring is 1. The average molecular weight is 273 g/mol. The second-order valence-electron chi connectivity index (χ2n) is 5.87. The molecule has 0 amide bonds. The second kappa shape index (κ2) is 3.69. The zero-order valence-corrected chi connectivity index (χ0v) is 12.1. The molecular formula is C13H18Cl2N2. The minimum absolute atomic E-state index is 0.256. The van der Waals surface area contributed by atoms with Gasteiger partial charge in [0.2, 0.25) is 0 Å². The van der Waals surface area contributed by atoms with E-state index < -0.39 is 0 Å². The molecule has 94 valence electrons. The van der Waals surface area contributed by atoms with Crippen LogP contribution in [0.3, 0.4) is 0 Å². The maximum absolute atomic E-state index is 6.00. The molecule has 0 unspecified atom stereocenters. The SMILES string of the molecule is CC1(C)C(Nc2cc(Cl)c(Cl)cc2N)C1(C)C. The van der Waals surface area contributed by atoms with Gasteiger partial charge in [-0.25, -0.2) is 0 Å². The standard InChI is InChI=1S/C13H18Cl2N2/c1-12(2)11(13(12,3)4)17-10-6-8(15)7(14)5-9(10)16/h5-6,11,17H,16H2,1-4H3.